The summed E-state index contributed by atoms with van der Waals surface area (Å²) in [6.07, 6.45) is -0.972. The Morgan fingerprint density at radius 3 is 2.46 bits per heavy atom. The van der Waals surface area contributed by atoms with Crippen molar-refractivity contribution in [2.75, 3.05) is 25.9 Å². The molecule has 0 spiro atoms. The molecule has 0 aliphatic rings. The van der Waals surface area contributed by atoms with E-state index in [4.69, 9.17) is 9.15 Å². The highest BCUT2D eigenvalue weighted by atomic mass is 32.2. The van der Waals surface area contributed by atoms with Gasteiger partial charge in [0.15, 0.2) is 5.82 Å². The highest BCUT2D eigenvalue weighted by Crippen LogP contribution is 2.28. The number of amides is 2. The zero-order valence-corrected chi connectivity index (χ0v) is 22.7. The average molecular weight is 565 g/mol. The zero-order valence-electron chi connectivity index (χ0n) is 21.9. The number of anilines is 1. The minimum absolute atomic E-state index is 0.0101. The van der Waals surface area contributed by atoms with Crippen LogP contribution in [0.4, 0.5) is 14.9 Å². The maximum Gasteiger partial charge on any atom is 0.414 e. The van der Waals surface area contributed by atoms with Crippen molar-refractivity contribution in [3.05, 3.63) is 69.3 Å². The Balaban J connectivity index is 2.12. The fraction of sp³-hybridized carbons (Fsp3) is 0.320. The first-order valence-electron chi connectivity index (χ1n) is 11.6. The van der Waals surface area contributed by atoms with Gasteiger partial charge in [0.2, 0.25) is 0 Å². The molecule has 2 amide bonds. The van der Waals surface area contributed by atoms with E-state index in [1.54, 1.807) is 0 Å². The Labute approximate surface area is 223 Å². The first-order chi connectivity index (χ1) is 18.1. The quantitative estimate of drug-likeness (QED) is 0.286. The highest BCUT2D eigenvalue weighted by molar-refractivity contribution is 7.90. The Morgan fingerprint density at radius 2 is 1.85 bits per heavy atom. The van der Waals surface area contributed by atoms with Crippen LogP contribution in [0.25, 0.3) is 11.0 Å². The molecule has 1 aromatic heterocycles. The van der Waals surface area contributed by atoms with Crippen LogP contribution in [0.2, 0.25) is 0 Å². The van der Waals surface area contributed by atoms with E-state index in [1.807, 2.05) is 4.72 Å². The van der Waals surface area contributed by atoms with Gasteiger partial charge in [-0.15, -0.1) is 0 Å². The molecule has 14 heteroatoms. The van der Waals surface area contributed by atoms with Crippen molar-refractivity contribution in [1.82, 2.24) is 14.9 Å². The van der Waals surface area contributed by atoms with Crippen molar-refractivity contribution in [2.45, 2.75) is 32.4 Å². The van der Waals surface area contributed by atoms with Crippen LogP contribution >= 0.6 is 0 Å². The Bertz CT molecular complexity index is 1580. The number of nitrogens with one attached hydrogen (secondary N) is 3. The molecule has 1 heterocycles. The van der Waals surface area contributed by atoms with Crippen LogP contribution in [-0.2, 0) is 28.0 Å². The van der Waals surface area contributed by atoms with Gasteiger partial charge >= 0.3 is 11.7 Å². The van der Waals surface area contributed by atoms with Crippen LogP contribution in [0.15, 0.2) is 45.6 Å². The molecule has 0 aliphatic heterocycles. The summed E-state index contributed by atoms with van der Waals surface area (Å²) in [5.74, 6) is -1.53. The summed E-state index contributed by atoms with van der Waals surface area (Å²) in [4.78, 5) is 38.6. The van der Waals surface area contributed by atoms with Crippen LogP contribution in [0.3, 0.4) is 0 Å². The molecule has 39 heavy (non-hydrogen) atoms. The summed E-state index contributed by atoms with van der Waals surface area (Å²) in [5.41, 5.74) is -2.63. The van der Waals surface area contributed by atoms with E-state index in [9.17, 15) is 27.9 Å². The number of hydrogen-bond donors (Lipinski definition) is 4. The second-order valence-electron chi connectivity index (χ2n) is 9.27. The van der Waals surface area contributed by atoms with E-state index in [1.165, 1.54) is 69.2 Å². The first-order valence-corrected chi connectivity index (χ1v) is 13.1. The van der Waals surface area contributed by atoms with Crippen LogP contribution in [0.5, 0.6) is 5.75 Å². The number of nitrogens with zero attached hydrogens (tertiary/aromatic N) is 1. The number of carbonyl (C=O) groups excluding carboxylic acids is 2. The topological polar surface area (TPSA) is 167 Å². The van der Waals surface area contributed by atoms with Crippen LogP contribution in [0.1, 0.15) is 30.5 Å². The summed E-state index contributed by atoms with van der Waals surface area (Å²) in [7, 11) is 0.142. The molecule has 0 bridgehead atoms. The monoisotopic (exact) mass is 564 g/mol. The number of halogens is 1. The third-order valence-electron chi connectivity index (χ3n) is 5.60. The Hall–Kier alpha value is -4.01. The van der Waals surface area contributed by atoms with Gasteiger partial charge in [0, 0.05) is 51.1 Å². The fourth-order valence-corrected chi connectivity index (χ4v) is 4.04. The zero-order chi connectivity index (χ0) is 29.1. The largest absolute Gasteiger partial charge is 0.422 e. The third kappa shape index (κ3) is 7.10. The smallest absolute Gasteiger partial charge is 0.414 e. The number of benzene rings is 2. The van der Waals surface area contributed by atoms with Crippen molar-refractivity contribution in [3.8, 4) is 5.75 Å². The fourth-order valence-electron chi connectivity index (χ4n) is 3.49. The summed E-state index contributed by atoms with van der Waals surface area (Å²) in [5, 5.41) is 12.9. The SMILES string of the molecule is CNS(=O)(=O)Nc1cccc(Cc2c(CNC(=O)C(C)(C)O)c3ccc(OC(=O)N(C)C)cc3oc2=O)c1F. The second kappa shape index (κ2) is 11.4. The van der Waals surface area contributed by atoms with E-state index in [0.717, 1.165) is 7.05 Å². The number of hydrogen-bond acceptors (Lipinski definition) is 8. The molecular formula is C25H29FN4O8S. The van der Waals surface area contributed by atoms with E-state index in [-0.39, 0.29) is 46.7 Å². The summed E-state index contributed by atoms with van der Waals surface area (Å²) in [6, 6.07) is 8.31. The molecule has 3 aromatic rings. The molecule has 4 N–H and O–H groups in total. The Morgan fingerprint density at radius 1 is 1.15 bits per heavy atom. The van der Waals surface area contributed by atoms with Gasteiger partial charge in [0.1, 0.15) is 16.9 Å². The third-order valence-corrected chi connectivity index (χ3v) is 6.63. The maximum absolute atomic E-state index is 15.3. The number of rotatable bonds is 9. The van der Waals surface area contributed by atoms with Crippen molar-refractivity contribution in [3.63, 3.8) is 0 Å². The molecule has 0 saturated carbocycles. The lowest BCUT2D eigenvalue weighted by Crippen LogP contribution is -2.41. The minimum atomic E-state index is -4.01. The van der Waals surface area contributed by atoms with Crippen molar-refractivity contribution < 1.29 is 36.7 Å². The lowest BCUT2D eigenvalue weighted by Gasteiger charge is -2.19. The average Bonchev–Trinajstić information content (AvgIpc) is 2.85. The van der Waals surface area contributed by atoms with E-state index in [0.29, 0.717) is 5.39 Å². The standard InChI is InChI=1S/C25H29FN4O8S/c1-25(2,34)23(32)28-13-18-16-10-9-15(37-24(33)30(4)5)12-20(16)38-22(31)17(18)11-14-7-6-8-19(21(14)26)29-39(35,36)27-3/h6-10,12,27,29,34H,11,13H2,1-5H3,(H,28,32). The number of ether oxygens (including phenoxy) is 1. The second-order valence-corrected chi connectivity index (χ2v) is 10.9. The van der Waals surface area contributed by atoms with Gasteiger partial charge in [-0.1, -0.05) is 12.1 Å². The molecule has 0 radical (unpaired) electrons. The molecule has 12 nitrogen and oxygen atoms in total. The van der Waals surface area contributed by atoms with Gasteiger partial charge in [-0.05, 0) is 43.2 Å². The molecule has 0 aliphatic carbocycles. The number of carbonyl (C=O) groups is 2. The lowest BCUT2D eigenvalue weighted by molar-refractivity contribution is -0.136. The normalized spacial score (nSPS) is 11.8. The number of fused-ring (bicyclic) bond motifs is 1. The van der Waals surface area contributed by atoms with Crippen molar-refractivity contribution >= 4 is 38.9 Å². The predicted molar refractivity (Wildman–Crippen MR) is 141 cm³/mol. The van der Waals surface area contributed by atoms with Gasteiger partial charge in [-0.25, -0.2) is 18.7 Å². The van der Waals surface area contributed by atoms with Crippen molar-refractivity contribution in [2.24, 2.45) is 0 Å². The van der Waals surface area contributed by atoms with E-state index in [2.05, 4.69) is 10.0 Å². The number of aliphatic hydroxyl groups is 1. The highest BCUT2D eigenvalue weighted by Gasteiger charge is 2.25. The van der Waals surface area contributed by atoms with Crippen LogP contribution in [-0.4, -0.2) is 57.2 Å². The Kier molecular flexibility index (Phi) is 8.63. The first kappa shape index (κ1) is 29.5. The van der Waals surface area contributed by atoms with Gasteiger partial charge in [0.25, 0.3) is 16.1 Å². The maximum atomic E-state index is 15.3. The lowest BCUT2D eigenvalue weighted by atomic mass is 9.97. The van der Waals surface area contributed by atoms with Gasteiger partial charge in [-0.3, -0.25) is 9.52 Å². The summed E-state index contributed by atoms with van der Waals surface area (Å²) < 4.78 is 53.8. The summed E-state index contributed by atoms with van der Waals surface area (Å²) in [6.45, 7) is 2.35. The molecule has 2 aromatic carbocycles. The van der Waals surface area contributed by atoms with Gasteiger partial charge in [0.05, 0.1) is 5.69 Å². The van der Waals surface area contributed by atoms with Gasteiger partial charge < -0.3 is 24.5 Å². The van der Waals surface area contributed by atoms with Crippen LogP contribution < -0.4 is 25.1 Å². The molecule has 0 atom stereocenters. The molecule has 210 valence electrons. The predicted octanol–water partition coefficient (Wildman–Crippen LogP) is 1.85. The van der Waals surface area contributed by atoms with E-state index >= 15 is 4.39 Å². The summed E-state index contributed by atoms with van der Waals surface area (Å²) >= 11 is 0. The van der Waals surface area contributed by atoms with Crippen LogP contribution in [0, 0.1) is 5.82 Å². The molecule has 0 saturated heterocycles. The molecule has 3 rings (SSSR count). The van der Waals surface area contributed by atoms with E-state index < -0.39 is 39.3 Å². The molecule has 0 unspecified atom stereocenters. The van der Waals surface area contributed by atoms with Gasteiger partial charge in [-0.2, -0.15) is 8.42 Å². The minimum Gasteiger partial charge on any atom is -0.422 e. The molecule has 0 fully saturated rings. The molecular weight excluding hydrogens is 535 g/mol. The van der Waals surface area contributed by atoms with Crippen molar-refractivity contribution in [1.29, 1.82) is 0 Å².